The van der Waals surface area contributed by atoms with Crippen molar-refractivity contribution in [2.24, 2.45) is 0 Å². The number of hydrogen-bond donors (Lipinski definition) is 3. The van der Waals surface area contributed by atoms with Crippen molar-refractivity contribution in [3.8, 4) is 0 Å². The van der Waals surface area contributed by atoms with E-state index in [4.69, 9.17) is 9.79 Å². The monoisotopic (exact) mass is 354 g/mol. The minimum absolute atomic E-state index is 0.109. The van der Waals surface area contributed by atoms with Crippen LogP contribution in [0.2, 0.25) is 0 Å². The van der Waals surface area contributed by atoms with Crippen LogP contribution in [0.3, 0.4) is 0 Å². The maximum Gasteiger partial charge on any atom is 0.329 e. The van der Waals surface area contributed by atoms with E-state index in [9.17, 15) is 14.2 Å². The molecule has 0 spiro atoms. The number of aromatic amines is 1. The summed E-state index contributed by atoms with van der Waals surface area (Å²) >= 11 is 1.23. The summed E-state index contributed by atoms with van der Waals surface area (Å²) in [5, 5.41) is 0. The van der Waals surface area contributed by atoms with Gasteiger partial charge in [0, 0.05) is 17.6 Å². The van der Waals surface area contributed by atoms with Gasteiger partial charge in [-0.2, -0.15) is 0 Å². The van der Waals surface area contributed by atoms with Crippen LogP contribution in [0.1, 0.15) is 0 Å². The SMILES string of the molecule is O=c1[nH]c(=O)n(C/C=C\CP(=O)(O)O)cc1Sc1ccccc1. The van der Waals surface area contributed by atoms with Crippen molar-refractivity contribution in [1.29, 1.82) is 0 Å². The number of allylic oxidation sites excluding steroid dienone is 2. The van der Waals surface area contributed by atoms with Crippen LogP contribution in [0.4, 0.5) is 0 Å². The summed E-state index contributed by atoms with van der Waals surface area (Å²) in [6.45, 7) is 0.109. The molecule has 2 aromatic rings. The smallest absolute Gasteiger partial charge is 0.324 e. The molecule has 23 heavy (non-hydrogen) atoms. The Labute approximate surface area is 135 Å². The van der Waals surface area contributed by atoms with E-state index in [1.54, 1.807) is 0 Å². The molecule has 3 N–H and O–H groups in total. The zero-order valence-corrected chi connectivity index (χ0v) is 13.7. The topological polar surface area (TPSA) is 112 Å². The Morgan fingerprint density at radius 1 is 1.17 bits per heavy atom. The predicted octanol–water partition coefficient (Wildman–Crippen LogP) is 1.42. The van der Waals surface area contributed by atoms with Crippen molar-refractivity contribution in [1.82, 2.24) is 9.55 Å². The Morgan fingerprint density at radius 3 is 2.52 bits per heavy atom. The Morgan fingerprint density at radius 2 is 1.87 bits per heavy atom. The summed E-state index contributed by atoms with van der Waals surface area (Å²) in [5.41, 5.74) is -1.05. The molecule has 0 saturated heterocycles. The van der Waals surface area contributed by atoms with Crippen LogP contribution in [0.25, 0.3) is 0 Å². The van der Waals surface area contributed by atoms with E-state index in [2.05, 4.69) is 4.98 Å². The fourth-order valence-corrected chi connectivity index (χ4v) is 3.01. The molecule has 0 saturated carbocycles. The molecule has 0 aliphatic rings. The number of nitrogens with zero attached hydrogens (tertiary/aromatic N) is 1. The lowest BCUT2D eigenvalue weighted by Gasteiger charge is -2.05. The summed E-state index contributed by atoms with van der Waals surface area (Å²) in [6, 6.07) is 9.24. The number of H-pyrrole nitrogens is 1. The number of rotatable bonds is 6. The van der Waals surface area contributed by atoms with Gasteiger partial charge in [-0.15, -0.1) is 0 Å². The number of nitrogens with one attached hydrogen (secondary N) is 1. The summed E-state index contributed by atoms with van der Waals surface area (Å²) in [5.74, 6) is 0. The molecule has 0 bridgehead atoms. The Kier molecular flexibility index (Phi) is 5.79. The van der Waals surface area contributed by atoms with Crippen molar-refractivity contribution in [3.63, 3.8) is 0 Å². The Hall–Kier alpha value is -1.86. The van der Waals surface area contributed by atoms with Crippen LogP contribution >= 0.6 is 19.4 Å². The standard InChI is InChI=1S/C14H15N2O5PS/c17-13-12(23-11-6-2-1-3-7-11)10-16(14(18)15-13)8-4-5-9-22(19,20)21/h1-7,10H,8-9H2,(H,15,17,18)(H2,19,20,21)/b5-4-. The predicted molar refractivity (Wildman–Crippen MR) is 87.9 cm³/mol. The van der Waals surface area contributed by atoms with Gasteiger partial charge in [0.2, 0.25) is 0 Å². The number of hydrogen-bond acceptors (Lipinski definition) is 4. The molecule has 0 atom stereocenters. The maximum atomic E-state index is 11.8. The summed E-state index contributed by atoms with van der Waals surface area (Å²) in [4.78, 5) is 44.6. The van der Waals surface area contributed by atoms with E-state index < -0.39 is 25.0 Å². The molecule has 1 aromatic carbocycles. The third-order valence-electron chi connectivity index (χ3n) is 2.76. The fourth-order valence-electron chi connectivity index (χ4n) is 1.71. The van der Waals surface area contributed by atoms with Crippen molar-refractivity contribution >= 4 is 19.4 Å². The second-order valence-corrected chi connectivity index (χ2v) is 7.45. The zero-order valence-electron chi connectivity index (χ0n) is 12.0. The maximum absolute atomic E-state index is 11.8. The Balaban J connectivity index is 2.18. The highest BCUT2D eigenvalue weighted by Gasteiger charge is 2.09. The first-order valence-corrected chi connectivity index (χ1v) is 9.23. The van der Waals surface area contributed by atoms with Gasteiger partial charge in [-0.1, -0.05) is 42.1 Å². The second-order valence-electron chi connectivity index (χ2n) is 4.64. The minimum Gasteiger partial charge on any atom is -0.324 e. The molecule has 2 rings (SSSR count). The molecule has 0 fully saturated rings. The van der Waals surface area contributed by atoms with E-state index in [0.29, 0.717) is 4.90 Å². The number of benzene rings is 1. The third-order valence-corrected chi connectivity index (χ3v) is 4.47. The van der Waals surface area contributed by atoms with E-state index in [1.165, 1.54) is 34.7 Å². The molecule has 0 aliphatic heterocycles. The van der Waals surface area contributed by atoms with Gasteiger partial charge < -0.3 is 9.79 Å². The van der Waals surface area contributed by atoms with E-state index in [-0.39, 0.29) is 6.54 Å². The molecule has 0 aliphatic carbocycles. The molecule has 9 heteroatoms. The molecular weight excluding hydrogens is 339 g/mol. The molecule has 0 radical (unpaired) electrons. The van der Waals surface area contributed by atoms with Gasteiger partial charge in [0.25, 0.3) is 5.56 Å². The van der Waals surface area contributed by atoms with Crippen molar-refractivity contribution < 1.29 is 14.4 Å². The average molecular weight is 354 g/mol. The van der Waals surface area contributed by atoms with Crippen molar-refractivity contribution in [3.05, 3.63) is 69.5 Å². The summed E-state index contributed by atoms with van der Waals surface area (Å²) in [7, 11) is -4.10. The van der Waals surface area contributed by atoms with Crippen molar-refractivity contribution in [2.45, 2.75) is 16.3 Å². The van der Waals surface area contributed by atoms with Crippen LogP contribution in [0.5, 0.6) is 0 Å². The highest BCUT2D eigenvalue weighted by Crippen LogP contribution is 2.33. The van der Waals surface area contributed by atoms with Crippen molar-refractivity contribution in [2.75, 3.05) is 6.16 Å². The van der Waals surface area contributed by atoms with Crippen LogP contribution in [0.15, 0.2) is 68.1 Å². The summed E-state index contributed by atoms with van der Waals surface area (Å²) in [6.07, 6.45) is 3.81. The zero-order chi connectivity index (χ0) is 16.9. The minimum atomic E-state index is -4.10. The van der Waals surface area contributed by atoms with Gasteiger partial charge in [0.1, 0.15) is 0 Å². The molecule has 1 aromatic heterocycles. The lowest BCUT2D eigenvalue weighted by molar-refractivity contribution is 0.377. The normalized spacial score (nSPS) is 11.9. The van der Waals surface area contributed by atoms with E-state index >= 15 is 0 Å². The fraction of sp³-hybridized carbons (Fsp3) is 0.143. The molecule has 0 unspecified atom stereocenters. The average Bonchev–Trinajstić information content (AvgIpc) is 2.48. The van der Waals surface area contributed by atoms with Crippen LogP contribution < -0.4 is 11.2 Å². The van der Waals surface area contributed by atoms with Gasteiger partial charge >= 0.3 is 13.3 Å². The molecule has 1 heterocycles. The first-order valence-electron chi connectivity index (χ1n) is 6.61. The highest BCUT2D eigenvalue weighted by atomic mass is 32.2. The van der Waals surface area contributed by atoms with E-state index in [1.807, 2.05) is 30.3 Å². The van der Waals surface area contributed by atoms with Gasteiger partial charge in [-0.3, -0.25) is 18.9 Å². The Bertz CT molecular complexity index is 853. The molecule has 122 valence electrons. The van der Waals surface area contributed by atoms with E-state index in [0.717, 1.165) is 4.90 Å². The van der Waals surface area contributed by atoms with Crippen LogP contribution in [0, 0.1) is 0 Å². The van der Waals surface area contributed by atoms with Crippen LogP contribution in [-0.4, -0.2) is 25.5 Å². The van der Waals surface area contributed by atoms with Gasteiger partial charge in [0.05, 0.1) is 11.1 Å². The largest absolute Gasteiger partial charge is 0.329 e. The number of aromatic nitrogens is 2. The molecule has 0 amide bonds. The quantitative estimate of drug-likeness (QED) is 0.534. The van der Waals surface area contributed by atoms with Gasteiger partial charge in [-0.25, -0.2) is 4.79 Å². The first-order chi connectivity index (χ1) is 10.8. The van der Waals surface area contributed by atoms with Gasteiger partial charge in [-0.05, 0) is 12.1 Å². The highest BCUT2D eigenvalue weighted by molar-refractivity contribution is 7.99. The third kappa shape index (κ3) is 5.69. The lowest BCUT2D eigenvalue weighted by atomic mass is 10.4. The second kappa shape index (κ2) is 7.61. The van der Waals surface area contributed by atoms with Crippen LogP contribution in [-0.2, 0) is 11.1 Å². The first kappa shape index (κ1) is 17.5. The lowest BCUT2D eigenvalue weighted by Crippen LogP contribution is -2.30. The summed E-state index contributed by atoms with van der Waals surface area (Å²) < 4.78 is 12.0. The van der Waals surface area contributed by atoms with Gasteiger partial charge in [0.15, 0.2) is 0 Å². The molecular formula is C14H15N2O5PS. The molecule has 7 nitrogen and oxygen atoms in total.